The molecule has 2 aromatic carbocycles. The number of hydrogen-bond acceptors (Lipinski definition) is 3. The highest BCUT2D eigenvalue weighted by Crippen LogP contribution is 2.31. The molecule has 5 heteroatoms. The SMILES string of the molecule is CCCCN(CC)c1ccc(N/C=C2/C(=O)Nc3ccccc32)cc1F. The third-order valence-electron chi connectivity index (χ3n) is 4.54. The Kier molecular flexibility index (Phi) is 5.56. The van der Waals surface area contributed by atoms with Crippen LogP contribution in [0.15, 0.2) is 48.7 Å². The number of fused-ring (bicyclic) bond motifs is 1. The summed E-state index contributed by atoms with van der Waals surface area (Å²) in [6.45, 7) is 5.77. The first-order valence-electron chi connectivity index (χ1n) is 9.06. The zero-order valence-electron chi connectivity index (χ0n) is 15.2. The van der Waals surface area contributed by atoms with Crippen molar-refractivity contribution in [2.75, 3.05) is 28.6 Å². The van der Waals surface area contributed by atoms with E-state index in [0.717, 1.165) is 37.2 Å². The molecule has 0 aromatic heterocycles. The average Bonchev–Trinajstić information content (AvgIpc) is 2.97. The molecule has 4 nitrogen and oxygen atoms in total. The van der Waals surface area contributed by atoms with E-state index in [0.29, 0.717) is 16.9 Å². The van der Waals surface area contributed by atoms with Gasteiger partial charge in [0.05, 0.1) is 11.3 Å². The molecule has 1 aliphatic rings. The van der Waals surface area contributed by atoms with Gasteiger partial charge in [0, 0.05) is 36.2 Å². The predicted octanol–water partition coefficient (Wildman–Crippen LogP) is 4.86. The van der Waals surface area contributed by atoms with Crippen LogP contribution in [0.1, 0.15) is 32.3 Å². The van der Waals surface area contributed by atoms with Crippen molar-refractivity contribution in [2.45, 2.75) is 26.7 Å². The van der Waals surface area contributed by atoms with E-state index >= 15 is 0 Å². The number of carbonyl (C=O) groups is 1. The fourth-order valence-electron chi connectivity index (χ4n) is 3.09. The van der Waals surface area contributed by atoms with Crippen LogP contribution in [0.4, 0.5) is 21.5 Å². The lowest BCUT2D eigenvalue weighted by Gasteiger charge is -2.23. The molecule has 1 amide bonds. The summed E-state index contributed by atoms with van der Waals surface area (Å²) in [5.41, 5.74) is 3.41. The normalized spacial score (nSPS) is 14.3. The van der Waals surface area contributed by atoms with E-state index < -0.39 is 0 Å². The molecule has 1 heterocycles. The van der Waals surface area contributed by atoms with E-state index in [2.05, 4.69) is 17.6 Å². The average molecular weight is 353 g/mol. The number of unbranched alkanes of at least 4 members (excludes halogenated alkanes) is 1. The maximum atomic E-state index is 14.5. The standard InChI is InChI=1S/C21H24FN3O/c1-3-5-12-25(4-2)20-11-10-15(13-18(20)22)23-14-17-16-8-6-7-9-19(16)24-21(17)26/h6-11,13-14,23H,3-5,12H2,1-2H3,(H,24,26)/b17-14+. The Hall–Kier alpha value is -2.82. The highest BCUT2D eigenvalue weighted by Gasteiger charge is 2.23. The van der Waals surface area contributed by atoms with Crippen molar-refractivity contribution < 1.29 is 9.18 Å². The number of rotatable bonds is 7. The molecule has 0 saturated heterocycles. The first kappa shape index (κ1) is 18.0. The summed E-state index contributed by atoms with van der Waals surface area (Å²) < 4.78 is 14.5. The fraction of sp³-hybridized carbons (Fsp3) is 0.286. The van der Waals surface area contributed by atoms with E-state index in [1.165, 1.54) is 6.07 Å². The van der Waals surface area contributed by atoms with Crippen molar-refractivity contribution >= 4 is 28.5 Å². The highest BCUT2D eigenvalue weighted by molar-refractivity contribution is 6.31. The lowest BCUT2D eigenvalue weighted by Crippen LogP contribution is -2.24. The van der Waals surface area contributed by atoms with Crippen LogP contribution >= 0.6 is 0 Å². The van der Waals surface area contributed by atoms with Crippen molar-refractivity contribution in [3.8, 4) is 0 Å². The number of benzene rings is 2. The first-order valence-corrected chi connectivity index (χ1v) is 9.06. The van der Waals surface area contributed by atoms with E-state index in [1.54, 1.807) is 12.3 Å². The van der Waals surface area contributed by atoms with Crippen molar-refractivity contribution in [2.24, 2.45) is 0 Å². The third kappa shape index (κ3) is 3.72. The molecule has 136 valence electrons. The van der Waals surface area contributed by atoms with E-state index in [9.17, 15) is 9.18 Å². The van der Waals surface area contributed by atoms with Gasteiger partial charge in [0.25, 0.3) is 5.91 Å². The number of carbonyl (C=O) groups excluding carboxylic acids is 1. The Morgan fingerprint density at radius 2 is 2.00 bits per heavy atom. The van der Waals surface area contributed by atoms with Gasteiger partial charge in [-0.2, -0.15) is 0 Å². The third-order valence-corrected chi connectivity index (χ3v) is 4.54. The van der Waals surface area contributed by atoms with Gasteiger partial charge in [-0.1, -0.05) is 31.5 Å². The van der Waals surface area contributed by atoms with Crippen LogP contribution in [-0.4, -0.2) is 19.0 Å². The summed E-state index contributed by atoms with van der Waals surface area (Å²) in [5.74, 6) is -0.421. The van der Waals surface area contributed by atoms with Crippen molar-refractivity contribution in [1.82, 2.24) is 0 Å². The molecule has 0 fully saturated rings. The largest absolute Gasteiger partial charge is 0.369 e. The number of hydrogen-bond donors (Lipinski definition) is 2. The summed E-state index contributed by atoms with van der Waals surface area (Å²) >= 11 is 0. The smallest absolute Gasteiger partial charge is 0.257 e. The Morgan fingerprint density at radius 1 is 1.19 bits per heavy atom. The molecule has 3 rings (SSSR count). The van der Waals surface area contributed by atoms with Crippen LogP contribution < -0.4 is 15.5 Å². The molecule has 0 bridgehead atoms. The second kappa shape index (κ2) is 8.04. The number of halogens is 1. The van der Waals surface area contributed by atoms with Crippen LogP contribution in [-0.2, 0) is 4.79 Å². The number of anilines is 3. The molecule has 0 radical (unpaired) electrons. The molecule has 0 atom stereocenters. The van der Waals surface area contributed by atoms with Gasteiger partial charge in [-0.05, 0) is 37.6 Å². The van der Waals surface area contributed by atoms with E-state index in [-0.39, 0.29) is 11.7 Å². The number of amides is 1. The minimum absolute atomic E-state index is 0.160. The van der Waals surface area contributed by atoms with Crippen molar-refractivity contribution in [3.63, 3.8) is 0 Å². The molecule has 0 unspecified atom stereocenters. The second-order valence-corrected chi connectivity index (χ2v) is 6.30. The molecule has 26 heavy (non-hydrogen) atoms. The summed E-state index contributed by atoms with van der Waals surface area (Å²) in [4.78, 5) is 14.1. The van der Waals surface area contributed by atoms with Gasteiger partial charge in [0.1, 0.15) is 5.82 Å². The van der Waals surface area contributed by atoms with Crippen LogP contribution in [0.25, 0.3) is 5.57 Å². The quantitative estimate of drug-likeness (QED) is 0.699. The molecule has 0 saturated carbocycles. The van der Waals surface area contributed by atoms with Gasteiger partial charge in [-0.25, -0.2) is 4.39 Å². The Labute approximate surface area is 153 Å². The summed E-state index contributed by atoms with van der Waals surface area (Å²) in [6.07, 6.45) is 3.74. The van der Waals surface area contributed by atoms with Gasteiger partial charge < -0.3 is 15.5 Å². The lowest BCUT2D eigenvalue weighted by atomic mass is 10.1. The topological polar surface area (TPSA) is 44.4 Å². The molecule has 2 N–H and O–H groups in total. The van der Waals surface area contributed by atoms with Crippen LogP contribution in [0.3, 0.4) is 0 Å². The monoisotopic (exact) mass is 353 g/mol. The van der Waals surface area contributed by atoms with Crippen LogP contribution in [0.5, 0.6) is 0 Å². The van der Waals surface area contributed by atoms with E-state index in [4.69, 9.17) is 0 Å². The zero-order chi connectivity index (χ0) is 18.5. The van der Waals surface area contributed by atoms with Crippen LogP contribution in [0.2, 0.25) is 0 Å². The Balaban J connectivity index is 1.77. The van der Waals surface area contributed by atoms with Crippen LogP contribution in [0, 0.1) is 5.82 Å². The van der Waals surface area contributed by atoms with Crippen molar-refractivity contribution in [1.29, 1.82) is 0 Å². The fourth-order valence-corrected chi connectivity index (χ4v) is 3.09. The Bertz CT molecular complexity index is 832. The minimum Gasteiger partial charge on any atom is -0.369 e. The molecule has 2 aromatic rings. The molecular formula is C21H24FN3O. The highest BCUT2D eigenvalue weighted by atomic mass is 19.1. The van der Waals surface area contributed by atoms with Gasteiger partial charge >= 0.3 is 0 Å². The number of nitrogens with zero attached hydrogens (tertiary/aromatic N) is 1. The summed E-state index contributed by atoms with van der Waals surface area (Å²) in [6, 6.07) is 12.6. The maximum absolute atomic E-state index is 14.5. The Morgan fingerprint density at radius 3 is 2.73 bits per heavy atom. The van der Waals surface area contributed by atoms with Gasteiger partial charge in [-0.3, -0.25) is 4.79 Å². The summed E-state index contributed by atoms with van der Waals surface area (Å²) in [7, 11) is 0. The molecule has 0 aliphatic carbocycles. The first-order chi connectivity index (χ1) is 12.6. The number of para-hydroxylation sites is 1. The molecule has 1 aliphatic heterocycles. The second-order valence-electron chi connectivity index (χ2n) is 6.30. The van der Waals surface area contributed by atoms with E-state index in [1.807, 2.05) is 42.2 Å². The maximum Gasteiger partial charge on any atom is 0.257 e. The van der Waals surface area contributed by atoms with Gasteiger partial charge in [0.15, 0.2) is 0 Å². The van der Waals surface area contributed by atoms with Gasteiger partial charge in [0.2, 0.25) is 0 Å². The minimum atomic E-state index is -0.261. The van der Waals surface area contributed by atoms with Crippen molar-refractivity contribution in [3.05, 3.63) is 60.0 Å². The zero-order valence-corrected chi connectivity index (χ0v) is 15.2. The lowest BCUT2D eigenvalue weighted by molar-refractivity contribution is -0.110. The number of nitrogens with one attached hydrogen (secondary N) is 2. The molecule has 0 spiro atoms. The van der Waals surface area contributed by atoms with Gasteiger partial charge in [-0.15, -0.1) is 0 Å². The summed E-state index contributed by atoms with van der Waals surface area (Å²) in [5, 5.41) is 5.86. The predicted molar refractivity (Wildman–Crippen MR) is 106 cm³/mol. The molecular weight excluding hydrogens is 329 g/mol.